The summed E-state index contributed by atoms with van der Waals surface area (Å²) in [7, 11) is 1.37. The molecule has 1 amide bonds. The van der Waals surface area contributed by atoms with E-state index in [2.05, 4.69) is 25.2 Å². The van der Waals surface area contributed by atoms with Crippen LogP contribution in [0.15, 0.2) is 53.4 Å². The van der Waals surface area contributed by atoms with Crippen molar-refractivity contribution < 1.29 is 14.3 Å². The van der Waals surface area contributed by atoms with Gasteiger partial charge in [0.25, 0.3) is 5.91 Å². The summed E-state index contributed by atoms with van der Waals surface area (Å²) >= 11 is 1.43. The smallest absolute Gasteiger partial charge is 0.337 e. The lowest BCUT2D eigenvalue weighted by Gasteiger charge is -2.23. The van der Waals surface area contributed by atoms with E-state index in [1.165, 1.54) is 24.0 Å². The van der Waals surface area contributed by atoms with Crippen molar-refractivity contribution in [1.29, 1.82) is 0 Å². The van der Waals surface area contributed by atoms with E-state index in [0.717, 1.165) is 31.2 Å². The first-order chi connectivity index (χ1) is 13.1. The average molecular weight is 386 g/mol. The fourth-order valence-electron chi connectivity index (χ4n) is 2.91. The average Bonchev–Trinajstić information content (AvgIpc) is 3.24. The van der Waals surface area contributed by atoms with Crippen molar-refractivity contribution in [1.82, 2.24) is 5.32 Å². The van der Waals surface area contributed by atoms with Crippen molar-refractivity contribution in [2.45, 2.75) is 45.6 Å². The van der Waals surface area contributed by atoms with Gasteiger partial charge in [0.05, 0.1) is 23.6 Å². The van der Waals surface area contributed by atoms with Gasteiger partial charge in [-0.25, -0.2) is 4.79 Å². The quantitative estimate of drug-likeness (QED) is 0.456. The summed E-state index contributed by atoms with van der Waals surface area (Å²) in [5, 5.41) is 5.08. The van der Waals surface area contributed by atoms with Crippen LogP contribution in [0.1, 0.15) is 71.2 Å². The third kappa shape index (κ3) is 5.79. The third-order valence-electron chi connectivity index (χ3n) is 4.29. The van der Waals surface area contributed by atoms with Gasteiger partial charge in [-0.15, -0.1) is 11.3 Å². The Kier molecular flexibility index (Phi) is 8.27. The Balaban J connectivity index is 2.35. The second kappa shape index (κ2) is 10.7. The van der Waals surface area contributed by atoms with E-state index in [4.69, 9.17) is 4.74 Å². The van der Waals surface area contributed by atoms with Gasteiger partial charge in [-0.1, -0.05) is 51.0 Å². The van der Waals surface area contributed by atoms with Crippen molar-refractivity contribution in [3.8, 4) is 0 Å². The summed E-state index contributed by atoms with van der Waals surface area (Å²) in [6.45, 7) is 4.28. The van der Waals surface area contributed by atoms with Gasteiger partial charge < -0.3 is 10.1 Å². The van der Waals surface area contributed by atoms with Gasteiger partial charge in [0.2, 0.25) is 0 Å². The zero-order valence-corrected chi connectivity index (χ0v) is 17.0. The highest BCUT2D eigenvalue weighted by Crippen LogP contribution is 2.27. The molecule has 1 atom stereocenters. The highest BCUT2D eigenvalue weighted by molar-refractivity contribution is 7.12. The lowest BCUT2D eigenvalue weighted by Crippen LogP contribution is -2.29. The molecule has 1 aromatic carbocycles. The monoisotopic (exact) mass is 385 g/mol. The fraction of sp³-hybridized carbons (Fsp3) is 0.364. The number of carbonyl (C=O) groups excluding carboxylic acids is 2. The molecule has 0 saturated heterocycles. The summed E-state index contributed by atoms with van der Waals surface area (Å²) in [4.78, 5) is 25.1. The molecule has 4 nitrogen and oxygen atoms in total. The maximum atomic E-state index is 12.7. The summed E-state index contributed by atoms with van der Waals surface area (Å²) in [6.07, 6.45) is 6.17. The summed E-state index contributed by atoms with van der Waals surface area (Å²) in [6, 6.07) is 10.8. The van der Waals surface area contributed by atoms with Crippen molar-refractivity contribution >= 4 is 23.2 Å². The molecular formula is C22H27NO3S. The van der Waals surface area contributed by atoms with Crippen molar-refractivity contribution in [3.63, 3.8) is 0 Å². The zero-order chi connectivity index (χ0) is 19.6. The van der Waals surface area contributed by atoms with E-state index < -0.39 is 0 Å². The molecule has 27 heavy (non-hydrogen) atoms. The van der Waals surface area contributed by atoms with Gasteiger partial charge in [0, 0.05) is 0 Å². The first-order valence-electron chi connectivity index (χ1n) is 9.32. The third-order valence-corrected chi connectivity index (χ3v) is 5.16. The van der Waals surface area contributed by atoms with Gasteiger partial charge >= 0.3 is 5.97 Å². The van der Waals surface area contributed by atoms with Crippen LogP contribution in [0.3, 0.4) is 0 Å². The number of ether oxygens (including phenoxy) is 1. The van der Waals surface area contributed by atoms with Crippen molar-refractivity contribution in [3.05, 3.63) is 69.4 Å². The molecule has 0 saturated carbocycles. The summed E-state index contributed by atoms with van der Waals surface area (Å²) < 4.78 is 4.77. The van der Waals surface area contributed by atoms with E-state index >= 15 is 0 Å². The number of thiophene rings is 1. The largest absolute Gasteiger partial charge is 0.465 e. The molecule has 1 aromatic heterocycles. The van der Waals surface area contributed by atoms with Gasteiger partial charge in [-0.05, 0) is 47.6 Å². The van der Waals surface area contributed by atoms with E-state index in [1.807, 2.05) is 29.6 Å². The molecule has 2 aromatic rings. The maximum Gasteiger partial charge on any atom is 0.337 e. The Bertz CT molecular complexity index is 763. The van der Waals surface area contributed by atoms with E-state index in [0.29, 0.717) is 10.4 Å². The van der Waals surface area contributed by atoms with E-state index in [9.17, 15) is 9.59 Å². The molecule has 1 N–H and O–H groups in total. The first-order valence-corrected chi connectivity index (χ1v) is 10.2. The SMILES string of the molecule is CCC/C=C(\CCC)[C@@H](NC(=O)c1cccs1)c1ccc(C(=O)OC)cc1. The number of hydrogen-bond acceptors (Lipinski definition) is 4. The first kappa shape index (κ1) is 20.9. The normalized spacial score (nSPS) is 12.5. The number of rotatable bonds is 9. The summed E-state index contributed by atoms with van der Waals surface area (Å²) in [5.41, 5.74) is 2.66. The topological polar surface area (TPSA) is 55.4 Å². The second-order valence-corrected chi connectivity index (χ2v) is 7.26. The van der Waals surface area contributed by atoms with Crippen LogP contribution in [-0.4, -0.2) is 19.0 Å². The van der Waals surface area contributed by atoms with Gasteiger partial charge in [-0.2, -0.15) is 0 Å². The predicted molar refractivity (Wildman–Crippen MR) is 110 cm³/mol. The molecule has 0 aliphatic carbocycles. The molecule has 0 bridgehead atoms. The molecule has 0 aliphatic heterocycles. The Labute approximate surface area is 165 Å². The van der Waals surface area contributed by atoms with Crippen LogP contribution in [-0.2, 0) is 4.74 Å². The predicted octanol–water partition coefficient (Wildman–Crippen LogP) is 5.53. The van der Waals surface area contributed by atoms with Crippen LogP contribution in [0.4, 0.5) is 0 Å². The second-order valence-electron chi connectivity index (χ2n) is 6.32. The number of nitrogens with one attached hydrogen (secondary N) is 1. The number of benzene rings is 1. The fourth-order valence-corrected chi connectivity index (χ4v) is 3.54. The van der Waals surface area contributed by atoms with E-state index in [1.54, 1.807) is 12.1 Å². The van der Waals surface area contributed by atoms with E-state index in [-0.39, 0.29) is 17.9 Å². The number of methoxy groups -OCH3 is 1. The van der Waals surface area contributed by atoms with Crippen LogP contribution in [0.25, 0.3) is 0 Å². The maximum absolute atomic E-state index is 12.7. The highest BCUT2D eigenvalue weighted by atomic mass is 32.1. The van der Waals surface area contributed by atoms with Crippen LogP contribution in [0, 0.1) is 0 Å². The molecule has 0 fully saturated rings. The minimum atomic E-state index is -0.365. The Morgan fingerprint density at radius 2 is 1.89 bits per heavy atom. The zero-order valence-electron chi connectivity index (χ0n) is 16.2. The summed E-state index contributed by atoms with van der Waals surface area (Å²) in [5.74, 6) is -0.443. The lowest BCUT2D eigenvalue weighted by atomic mass is 9.93. The Morgan fingerprint density at radius 1 is 1.15 bits per heavy atom. The van der Waals surface area contributed by atoms with Crippen LogP contribution >= 0.6 is 11.3 Å². The molecule has 5 heteroatoms. The van der Waals surface area contributed by atoms with Gasteiger partial charge in [-0.3, -0.25) is 4.79 Å². The van der Waals surface area contributed by atoms with Gasteiger partial charge in [0.1, 0.15) is 0 Å². The minimum absolute atomic E-state index is 0.0782. The highest BCUT2D eigenvalue weighted by Gasteiger charge is 2.20. The number of allylic oxidation sites excluding steroid dienone is 1. The standard InChI is InChI=1S/C22H27NO3S/c1-4-6-9-16(8-5-2)20(23-21(24)19-10-7-15-27-19)17-11-13-18(14-12-17)22(25)26-3/h7,9-15,20H,4-6,8H2,1-3H3,(H,23,24)/b16-9+/t20-/m1/s1. The number of amides is 1. The number of unbranched alkanes of at least 4 members (excludes halogenated alkanes) is 1. The van der Waals surface area contributed by atoms with Crippen LogP contribution in [0.5, 0.6) is 0 Å². The van der Waals surface area contributed by atoms with Gasteiger partial charge in [0.15, 0.2) is 0 Å². The van der Waals surface area contributed by atoms with Crippen molar-refractivity contribution in [2.24, 2.45) is 0 Å². The molecule has 0 spiro atoms. The van der Waals surface area contributed by atoms with Crippen LogP contribution in [0.2, 0.25) is 0 Å². The molecule has 0 unspecified atom stereocenters. The Morgan fingerprint density at radius 3 is 2.44 bits per heavy atom. The molecule has 144 valence electrons. The molecule has 0 aliphatic rings. The Hall–Kier alpha value is -2.40. The number of esters is 1. The lowest BCUT2D eigenvalue weighted by molar-refractivity contribution is 0.0600. The molecule has 1 heterocycles. The number of carbonyl (C=O) groups is 2. The van der Waals surface area contributed by atoms with Crippen LogP contribution < -0.4 is 5.32 Å². The minimum Gasteiger partial charge on any atom is -0.465 e. The molecule has 2 rings (SSSR count). The number of hydrogen-bond donors (Lipinski definition) is 1. The molecular weight excluding hydrogens is 358 g/mol. The molecule has 0 radical (unpaired) electrons. The van der Waals surface area contributed by atoms with Crippen molar-refractivity contribution in [2.75, 3.05) is 7.11 Å².